The van der Waals surface area contributed by atoms with Crippen molar-refractivity contribution in [2.45, 2.75) is 44.2 Å². The maximum atomic E-state index is 9.32. The predicted molar refractivity (Wildman–Crippen MR) is 42.1 cm³/mol. The molecular formula is C7H16OSi. The zero-order chi connectivity index (χ0) is 6.69. The predicted octanol–water partition coefficient (Wildman–Crippen LogP) is 1.67. The molecule has 2 heteroatoms. The van der Waals surface area contributed by atoms with Gasteiger partial charge in [-0.05, 0) is 12.1 Å². The lowest BCUT2D eigenvalue weighted by Gasteiger charge is -2.22. The molecule has 0 aliphatic heterocycles. The first-order chi connectivity index (χ1) is 4.30. The summed E-state index contributed by atoms with van der Waals surface area (Å²) in [6, 6.07) is 0. The third-order valence-corrected chi connectivity index (χ3v) is 4.36. The largest absolute Gasteiger partial charge is 0.435 e. The lowest BCUT2D eigenvalue weighted by molar-refractivity contribution is 0.452. The Morgan fingerprint density at radius 2 is 1.78 bits per heavy atom. The minimum Gasteiger partial charge on any atom is -0.435 e. The summed E-state index contributed by atoms with van der Waals surface area (Å²) in [6.07, 6.45) is 6.75. The maximum Gasteiger partial charge on any atom is 0.172 e. The van der Waals surface area contributed by atoms with E-state index in [1.807, 2.05) is 0 Å². The first kappa shape index (κ1) is 7.29. The molecule has 1 N–H and O–H groups in total. The molecule has 1 fully saturated rings. The molecule has 0 saturated heterocycles. The van der Waals surface area contributed by atoms with Crippen LogP contribution >= 0.6 is 0 Å². The van der Waals surface area contributed by atoms with Crippen LogP contribution in [0.1, 0.15) is 32.1 Å². The van der Waals surface area contributed by atoms with E-state index in [0.29, 0.717) is 0 Å². The Hall–Kier alpha value is 0.177. The van der Waals surface area contributed by atoms with Crippen molar-refractivity contribution in [3.05, 3.63) is 0 Å². The van der Waals surface area contributed by atoms with Crippen molar-refractivity contribution in [2.75, 3.05) is 0 Å². The van der Waals surface area contributed by atoms with Crippen LogP contribution in [0.3, 0.4) is 0 Å². The van der Waals surface area contributed by atoms with Gasteiger partial charge in [0.15, 0.2) is 9.04 Å². The Balaban J connectivity index is 2.23. The Labute approximate surface area is 58.8 Å². The van der Waals surface area contributed by atoms with Gasteiger partial charge >= 0.3 is 0 Å². The van der Waals surface area contributed by atoms with E-state index in [9.17, 15) is 4.80 Å². The summed E-state index contributed by atoms with van der Waals surface area (Å²) in [5, 5.41) is 0. The standard InChI is InChI=1S/C7H16OSi/c1-9(8)7-5-3-2-4-6-7/h7-9H,2-6H2,1H3/t9-/m1/s1. The lowest BCUT2D eigenvalue weighted by atomic mass is 10.0. The SMILES string of the molecule is C[Si@@H](O)C1CCCCC1. The highest BCUT2D eigenvalue weighted by Gasteiger charge is 2.18. The van der Waals surface area contributed by atoms with Gasteiger partial charge in [-0.1, -0.05) is 32.1 Å². The van der Waals surface area contributed by atoms with Crippen LogP contribution in [0.5, 0.6) is 0 Å². The Kier molecular flexibility index (Phi) is 2.73. The molecule has 1 saturated carbocycles. The second-order valence-electron chi connectivity index (χ2n) is 3.14. The highest BCUT2D eigenvalue weighted by atomic mass is 28.3. The van der Waals surface area contributed by atoms with Crippen LogP contribution < -0.4 is 0 Å². The Morgan fingerprint density at radius 1 is 1.22 bits per heavy atom. The van der Waals surface area contributed by atoms with Gasteiger partial charge in [0, 0.05) is 0 Å². The van der Waals surface area contributed by atoms with Crippen LogP contribution in [0.2, 0.25) is 12.1 Å². The first-order valence-electron chi connectivity index (χ1n) is 3.99. The summed E-state index contributed by atoms with van der Waals surface area (Å²) in [4.78, 5) is 9.32. The molecule has 1 aliphatic rings. The monoisotopic (exact) mass is 144 g/mol. The van der Waals surface area contributed by atoms with E-state index in [1.54, 1.807) is 0 Å². The Morgan fingerprint density at radius 3 is 2.11 bits per heavy atom. The van der Waals surface area contributed by atoms with Gasteiger partial charge in [0.1, 0.15) is 0 Å². The van der Waals surface area contributed by atoms with E-state index in [0.717, 1.165) is 5.54 Å². The van der Waals surface area contributed by atoms with Crippen molar-refractivity contribution in [2.24, 2.45) is 0 Å². The highest BCUT2D eigenvalue weighted by Crippen LogP contribution is 2.29. The second kappa shape index (κ2) is 3.37. The van der Waals surface area contributed by atoms with E-state index in [1.165, 1.54) is 32.1 Å². The molecule has 0 spiro atoms. The van der Waals surface area contributed by atoms with Crippen LogP contribution in [-0.2, 0) is 0 Å². The quantitative estimate of drug-likeness (QED) is 0.555. The van der Waals surface area contributed by atoms with Gasteiger partial charge in [-0.3, -0.25) is 0 Å². The molecule has 0 aromatic rings. The third-order valence-electron chi connectivity index (χ3n) is 2.33. The fourth-order valence-electron chi connectivity index (χ4n) is 1.62. The van der Waals surface area contributed by atoms with Crippen LogP contribution in [0, 0.1) is 0 Å². The maximum absolute atomic E-state index is 9.32. The van der Waals surface area contributed by atoms with E-state index < -0.39 is 9.04 Å². The summed E-state index contributed by atoms with van der Waals surface area (Å²) in [7, 11) is -1.25. The van der Waals surface area contributed by atoms with Crippen molar-refractivity contribution in [1.29, 1.82) is 0 Å². The van der Waals surface area contributed by atoms with Gasteiger partial charge < -0.3 is 4.80 Å². The molecule has 54 valence electrons. The van der Waals surface area contributed by atoms with E-state index in [-0.39, 0.29) is 0 Å². The van der Waals surface area contributed by atoms with E-state index >= 15 is 0 Å². The zero-order valence-corrected chi connectivity index (χ0v) is 7.29. The van der Waals surface area contributed by atoms with Crippen molar-refractivity contribution < 1.29 is 4.80 Å². The molecule has 1 aliphatic carbocycles. The number of rotatable bonds is 1. The van der Waals surface area contributed by atoms with Gasteiger partial charge in [0.25, 0.3) is 0 Å². The molecule has 1 nitrogen and oxygen atoms in total. The van der Waals surface area contributed by atoms with Gasteiger partial charge in [-0.15, -0.1) is 0 Å². The molecule has 1 rings (SSSR count). The highest BCUT2D eigenvalue weighted by molar-refractivity contribution is 6.50. The second-order valence-corrected chi connectivity index (χ2v) is 5.56. The van der Waals surface area contributed by atoms with Gasteiger partial charge in [0.2, 0.25) is 0 Å². The Bertz CT molecular complexity index is 77.0. The average molecular weight is 144 g/mol. The van der Waals surface area contributed by atoms with Gasteiger partial charge in [0.05, 0.1) is 0 Å². The van der Waals surface area contributed by atoms with Crippen molar-refractivity contribution in [3.8, 4) is 0 Å². The number of hydrogen-bond acceptors (Lipinski definition) is 1. The van der Waals surface area contributed by atoms with Gasteiger partial charge in [-0.25, -0.2) is 0 Å². The van der Waals surface area contributed by atoms with E-state index in [4.69, 9.17) is 0 Å². The molecule has 0 heterocycles. The van der Waals surface area contributed by atoms with Crippen LogP contribution in [0.15, 0.2) is 0 Å². The fourth-order valence-corrected chi connectivity index (χ4v) is 3.05. The van der Waals surface area contributed by atoms with Crippen molar-refractivity contribution in [1.82, 2.24) is 0 Å². The lowest BCUT2D eigenvalue weighted by Crippen LogP contribution is -2.18. The molecule has 0 radical (unpaired) electrons. The molecule has 0 bridgehead atoms. The first-order valence-corrected chi connectivity index (χ1v) is 6.32. The zero-order valence-electron chi connectivity index (χ0n) is 6.14. The fraction of sp³-hybridized carbons (Fsp3) is 1.00. The molecular weight excluding hydrogens is 128 g/mol. The summed E-state index contributed by atoms with van der Waals surface area (Å²) < 4.78 is 0. The van der Waals surface area contributed by atoms with Crippen LogP contribution in [0.4, 0.5) is 0 Å². The molecule has 0 unspecified atom stereocenters. The van der Waals surface area contributed by atoms with Gasteiger partial charge in [-0.2, -0.15) is 0 Å². The van der Waals surface area contributed by atoms with E-state index in [2.05, 4.69) is 6.55 Å². The minimum atomic E-state index is -1.25. The molecule has 9 heavy (non-hydrogen) atoms. The smallest absolute Gasteiger partial charge is 0.172 e. The summed E-state index contributed by atoms with van der Waals surface area (Å²) in [5.74, 6) is 0. The molecule has 1 atom stereocenters. The minimum absolute atomic E-state index is 0.749. The number of hydrogen-bond donors (Lipinski definition) is 1. The summed E-state index contributed by atoms with van der Waals surface area (Å²) in [6.45, 7) is 2.05. The summed E-state index contributed by atoms with van der Waals surface area (Å²) >= 11 is 0. The molecule has 0 aromatic carbocycles. The third kappa shape index (κ3) is 2.10. The topological polar surface area (TPSA) is 20.2 Å². The van der Waals surface area contributed by atoms with Crippen LogP contribution in [0.25, 0.3) is 0 Å². The molecule has 0 aromatic heterocycles. The normalized spacial score (nSPS) is 26.0. The van der Waals surface area contributed by atoms with Crippen LogP contribution in [-0.4, -0.2) is 13.8 Å². The summed E-state index contributed by atoms with van der Waals surface area (Å²) in [5.41, 5.74) is 0.749. The van der Waals surface area contributed by atoms with Crippen molar-refractivity contribution in [3.63, 3.8) is 0 Å². The van der Waals surface area contributed by atoms with Crippen molar-refractivity contribution >= 4 is 9.04 Å². The molecule has 0 amide bonds. The average Bonchev–Trinajstić information content (AvgIpc) is 1.90.